The quantitative estimate of drug-likeness (QED) is 0.461. The molecule has 0 saturated heterocycles. The molecule has 0 aromatic rings. The second-order valence-corrected chi connectivity index (χ2v) is 6.99. The zero-order chi connectivity index (χ0) is 18.0. The number of unbranched alkanes of at least 4 members (excludes halogenated alkanes) is 4. The second kappa shape index (κ2) is 10.7. The lowest BCUT2D eigenvalue weighted by Gasteiger charge is -2.40. The fourth-order valence-corrected chi connectivity index (χ4v) is 3.96. The van der Waals surface area contributed by atoms with Crippen molar-refractivity contribution in [1.29, 1.82) is 0 Å². The molecule has 0 bridgehead atoms. The first-order chi connectivity index (χ1) is 11.6. The van der Waals surface area contributed by atoms with Gasteiger partial charge in [-0.05, 0) is 25.7 Å². The second-order valence-electron chi connectivity index (χ2n) is 6.99. The van der Waals surface area contributed by atoms with E-state index in [1.54, 1.807) is 7.11 Å². The summed E-state index contributed by atoms with van der Waals surface area (Å²) in [5.41, 5.74) is 1.70. The minimum absolute atomic E-state index is 0.0569. The van der Waals surface area contributed by atoms with Crippen LogP contribution in [0.5, 0.6) is 0 Å². The van der Waals surface area contributed by atoms with Crippen LogP contribution in [-0.4, -0.2) is 24.8 Å². The fourth-order valence-electron chi connectivity index (χ4n) is 3.96. The molecular formula is C21H36O3. The summed E-state index contributed by atoms with van der Waals surface area (Å²) in [4.78, 5) is 12.4. The van der Waals surface area contributed by atoms with Gasteiger partial charge in [0.25, 0.3) is 0 Å². The van der Waals surface area contributed by atoms with Crippen LogP contribution < -0.4 is 0 Å². The summed E-state index contributed by atoms with van der Waals surface area (Å²) in [6, 6.07) is 0. The van der Waals surface area contributed by atoms with Crippen LogP contribution in [0.3, 0.4) is 0 Å². The largest absolute Gasteiger partial charge is 0.481 e. The molecule has 0 fully saturated rings. The van der Waals surface area contributed by atoms with Crippen molar-refractivity contribution in [3.63, 3.8) is 0 Å². The van der Waals surface area contributed by atoms with Crippen molar-refractivity contribution >= 4 is 5.97 Å². The third-order valence-corrected chi connectivity index (χ3v) is 5.40. The summed E-state index contributed by atoms with van der Waals surface area (Å²) in [5.74, 6) is -0.606. The smallest absolute Gasteiger partial charge is 0.314 e. The molecule has 0 heterocycles. The number of carboxylic acid groups (broad SMARTS) is 1. The molecule has 138 valence electrons. The van der Waals surface area contributed by atoms with Gasteiger partial charge in [0.1, 0.15) is 0 Å². The van der Waals surface area contributed by atoms with Crippen molar-refractivity contribution in [3.05, 3.63) is 23.3 Å². The maximum absolute atomic E-state index is 12.4. The van der Waals surface area contributed by atoms with Crippen LogP contribution in [0.4, 0.5) is 0 Å². The Morgan fingerprint density at radius 3 is 2.42 bits per heavy atom. The van der Waals surface area contributed by atoms with E-state index < -0.39 is 11.4 Å². The highest BCUT2D eigenvalue weighted by molar-refractivity contribution is 5.79. The number of hydrogen-bond donors (Lipinski definition) is 1. The van der Waals surface area contributed by atoms with Gasteiger partial charge in [-0.2, -0.15) is 0 Å². The van der Waals surface area contributed by atoms with E-state index >= 15 is 0 Å². The molecule has 3 heteroatoms. The predicted molar refractivity (Wildman–Crippen MR) is 100 cm³/mol. The predicted octanol–water partition coefficient (Wildman–Crippen LogP) is 5.76. The van der Waals surface area contributed by atoms with E-state index in [-0.39, 0.29) is 5.92 Å². The van der Waals surface area contributed by atoms with Gasteiger partial charge in [-0.25, -0.2) is 0 Å². The van der Waals surface area contributed by atoms with Crippen LogP contribution in [0.25, 0.3) is 0 Å². The van der Waals surface area contributed by atoms with Crippen LogP contribution in [0.2, 0.25) is 0 Å². The SMILES string of the molecule is CCCCCCCC1(C(=O)O)C=C(CC)C=C(CC)C1CCOC. The average Bonchev–Trinajstić information content (AvgIpc) is 2.59. The highest BCUT2D eigenvalue weighted by atomic mass is 16.5. The van der Waals surface area contributed by atoms with Crippen LogP contribution in [-0.2, 0) is 9.53 Å². The number of allylic oxidation sites excluding steroid dienone is 3. The highest BCUT2D eigenvalue weighted by Gasteiger charge is 2.46. The Kier molecular flexibility index (Phi) is 9.35. The van der Waals surface area contributed by atoms with Crippen LogP contribution in [0, 0.1) is 11.3 Å². The zero-order valence-electron chi connectivity index (χ0n) is 16.1. The van der Waals surface area contributed by atoms with Crippen molar-refractivity contribution in [2.75, 3.05) is 13.7 Å². The van der Waals surface area contributed by atoms with Gasteiger partial charge in [-0.3, -0.25) is 4.79 Å². The minimum atomic E-state index is -0.754. The summed E-state index contributed by atoms with van der Waals surface area (Å²) in [7, 11) is 1.69. The van der Waals surface area contributed by atoms with Gasteiger partial charge >= 0.3 is 5.97 Å². The molecule has 0 spiro atoms. The third kappa shape index (κ3) is 5.20. The number of hydrogen-bond acceptors (Lipinski definition) is 2. The first kappa shape index (κ1) is 21.0. The first-order valence-electron chi connectivity index (χ1n) is 9.70. The Labute approximate surface area is 148 Å². The number of carboxylic acids is 1. The van der Waals surface area contributed by atoms with Crippen molar-refractivity contribution in [3.8, 4) is 0 Å². The Morgan fingerprint density at radius 2 is 1.88 bits per heavy atom. The standard InChI is InChI=1S/C21H36O3/c1-5-8-9-10-11-13-21(20(22)23)16-17(6-2)15-18(7-3)19(21)12-14-24-4/h15-16,19H,5-14H2,1-4H3,(H,22,23). The molecule has 0 aromatic carbocycles. The molecule has 0 saturated carbocycles. The van der Waals surface area contributed by atoms with E-state index in [0.29, 0.717) is 6.61 Å². The Bertz CT molecular complexity index is 450. The highest BCUT2D eigenvalue weighted by Crippen LogP contribution is 2.47. The summed E-state index contributed by atoms with van der Waals surface area (Å²) >= 11 is 0. The van der Waals surface area contributed by atoms with Crippen molar-refractivity contribution in [2.45, 2.75) is 78.6 Å². The number of ether oxygens (including phenoxy) is 1. The van der Waals surface area contributed by atoms with E-state index in [1.807, 2.05) is 0 Å². The average molecular weight is 337 g/mol. The molecule has 2 unspecified atom stereocenters. The van der Waals surface area contributed by atoms with Crippen molar-refractivity contribution < 1.29 is 14.6 Å². The molecule has 1 aliphatic rings. The maximum atomic E-state index is 12.4. The Balaban J connectivity index is 3.05. The summed E-state index contributed by atoms with van der Waals surface area (Å²) in [5, 5.41) is 10.2. The Hall–Kier alpha value is -1.09. The van der Waals surface area contributed by atoms with Gasteiger partial charge < -0.3 is 9.84 Å². The van der Waals surface area contributed by atoms with Crippen molar-refractivity contribution in [1.82, 2.24) is 0 Å². The lowest BCUT2D eigenvalue weighted by Crippen LogP contribution is -2.40. The molecule has 1 aliphatic carbocycles. The van der Waals surface area contributed by atoms with Gasteiger partial charge in [0.05, 0.1) is 5.41 Å². The number of methoxy groups -OCH3 is 1. The van der Waals surface area contributed by atoms with Crippen LogP contribution in [0.15, 0.2) is 23.3 Å². The summed E-state index contributed by atoms with van der Waals surface area (Å²) in [6.07, 6.45) is 13.4. The molecule has 24 heavy (non-hydrogen) atoms. The molecule has 3 nitrogen and oxygen atoms in total. The van der Waals surface area contributed by atoms with Gasteiger partial charge in [0, 0.05) is 19.6 Å². The molecule has 0 aliphatic heterocycles. The van der Waals surface area contributed by atoms with Crippen LogP contribution in [0.1, 0.15) is 78.6 Å². The summed E-state index contributed by atoms with van der Waals surface area (Å²) < 4.78 is 5.28. The van der Waals surface area contributed by atoms with E-state index in [2.05, 4.69) is 32.9 Å². The lowest BCUT2D eigenvalue weighted by atomic mass is 9.63. The maximum Gasteiger partial charge on any atom is 0.314 e. The third-order valence-electron chi connectivity index (χ3n) is 5.40. The molecule has 1 N–H and O–H groups in total. The molecular weight excluding hydrogens is 300 g/mol. The normalized spacial score (nSPS) is 23.8. The topological polar surface area (TPSA) is 46.5 Å². The van der Waals surface area contributed by atoms with Gasteiger partial charge in [0.15, 0.2) is 0 Å². The van der Waals surface area contributed by atoms with Gasteiger partial charge in [0.2, 0.25) is 0 Å². The molecule has 1 rings (SSSR count). The van der Waals surface area contributed by atoms with E-state index in [0.717, 1.165) is 38.5 Å². The zero-order valence-corrected chi connectivity index (χ0v) is 16.1. The molecule has 0 amide bonds. The molecule has 0 radical (unpaired) electrons. The first-order valence-corrected chi connectivity index (χ1v) is 9.70. The Morgan fingerprint density at radius 1 is 1.17 bits per heavy atom. The number of aliphatic carboxylic acids is 1. The van der Waals surface area contributed by atoms with E-state index in [9.17, 15) is 9.90 Å². The lowest BCUT2D eigenvalue weighted by molar-refractivity contribution is -0.149. The summed E-state index contributed by atoms with van der Waals surface area (Å²) in [6.45, 7) is 7.06. The van der Waals surface area contributed by atoms with Gasteiger partial charge in [-0.1, -0.05) is 76.2 Å². The van der Waals surface area contributed by atoms with E-state index in [4.69, 9.17) is 4.74 Å². The number of rotatable bonds is 12. The van der Waals surface area contributed by atoms with Crippen molar-refractivity contribution in [2.24, 2.45) is 11.3 Å². The number of carbonyl (C=O) groups is 1. The molecule has 0 aromatic heterocycles. The van der Waals surface area contributed by atoms with E-state index in [1.165, 1.54) is 30.4 Å². The fraction of sp³-hybridized carbons (Fsp3) is 0.762. The minimum Gasteiger partial charge on any atom is -0.481 e. The van der Waals surface area contributed by atoms with Crippen LogP contribution >= 0.6 is 0 Å². The molecule has 2 atom stereocenters. The van der Waals surface area contributed by atoms with Gasteiger partial charge in [-0.15, -0.1) is 0 Å². The monoisotopic (exact) mass is 336 g/mol.